The molecule has 0 spiro atoms. The van der Waals surface area contributed by atoms with Crippen molar-refractivity contribution >= 4 is 10.9 Å². The van der Waals surface area contributed by atoms with Crippen LogP contribution in [0.15, 0.2) is 47.0 Å². The van der Waals surface area contributed by atoms with Gasteiger partial charge in [0.05, 0.1) is 5.52 Å². The number of pyridine rings is 1. The van der Waals surface area contributed by atoms with Gasteiger partial charge in [-0.3, -0.25) is 4.98 Å². The first-order valence-corrected chi connectivity index (χ1v) is 7.28. The molecule has 0 aliphatic carbocycles. The van der Waals surface area contributed by atoms with Gasteiger partial charge in [-0.05, 0) is 38.5 Å². The van der Waals surface area contributed by atoms with Gasteiger partial charge in [0.2, 0.25) is 0 Å². The van der Waals surface area contributed by atoms with Crippen molar-refractivity contribution in [3.63, 3.8) is 0 Å². The van der Waals surface area contributed by atoms with Crippen LogP contribution < -0.4 is 5.32 Å². The van der Waals surface area contributed by atoms with Gasteiger partial charge in [-0.15, -0.1) is 0 Å². The molecule has 0 bridgehead atoms. The fourth-order valence-corrected chi connectivity index (χ4v) is 2.76. The first kappa shape index (κ1) is 13.8. The maximum absolute atomic E-state index is 5.61. The van der Waals surface area contributed by atoms with Gasteiger partial charge >= 0.3 is 0 Å². The minimum absolute atomic E-state index is 0.251. The Labute approximate surface area is 125 Å². The maximum atomic E-state index is 5.61. The standard InChI is InChI=1S/C18H20N2O/c1-12-10-17(14(3)21-12)13(2)20-11-16-7-4-6-15-8-5-9-19-18(15)16/h4-10,13,20H,11H2,1-3H3. The lowest BCUT2D eigenvalue weighted by atomic mass is 10.1. The van der Waals surface area contributed by atoms with Crippen molar-refractivity contribution in [2.24, 2.45) is 0 Å². The number of nitrogens with one attached hydrogen (secondary N) is 1. The van der Waals surface area contributed by atoms with Crippen LogP contribution in [0, 0.1) is 13.8 Å². The first-order chi connectivity index (χ1) is 10.1. The van der Waals surface area contributed by atoms with Gasteiger partial charge < -0.3 is 9.73 Å². The molecule has 3 heteroatoms. The fourth-order valence-electron chi connectivity index (χ4n) is 2.76. The highest BCUT2D eigenvalue weighted by molar-refractivity contribution is 5.81. The van der Waals surface area contributed by atoms with Crippen molar-refractivity contribution in [1.82, 2.24) is 10.3 Å². The summed E-state index contributed by atoms with van der Waals surface area (Å²) in [6, 6.07) is 12.7. The Hall–Kier alpha value is -2.13. The summed E-state index contributed by atoms with van der Waals surface area (Å²) in [5.74, 6) is 1.95. The molecule has 0 fully saturated rings. The Morgan fingerprint density at radius 3 is 2.76 bits per heavy atom. The normalized spacial score (nSPS) is 12.7. The van der Waals surface area contributed by atoms with Crippen LogP contribution in [0.3, 0.4) is 0 Å². The third kappa shape index (κ3) is 2.83. The lowest BCUT2D eigenvalue weighted by Gasteiger charge is -2.14. The van der Waals surface area contributed by atoms with E-state index in [1.165, 1.54) is 16.5 Å². The summed E-state index contributed by atoms with van der Waals surface area (Å²) in [5.41, 5.74) is 3.51. The van der Waals surface area contributed by atoms with E-state index in [-0.39, 0.29) is 6.04 Å². The van der Waals surface area contributed by atoms with Gasteiger partial charge in [0.1, 0.15) is 11.5 Å². The number of fused-ring (bicyclic) bond motifs is 1. The molecule has 0 saturated carbocycles. The highest BCUT2D eigenvalue weighted by Gasteiger charge is 2.12. The van der Waals surface area contributed by atoms with E-state index in [9.17, 15) is 0 Å². The van der Waals surface area contributed by atoms with Gasteiger partial charge in [-0.25, -0.2) is 0 Å². The van der Waals surface area contributed by atoms with E-state index in [2.05, 4.69) is 47.6 Å². The van der Waals surface area contributed by atoms with Gasteiger partial charge in [-0.2, -0.15) is 0 Å². The number of para-hydroxylation sites is 1. The number of hydrogen-bond acceptors (Lipinski definition) is 3. The smallest absolute Gasteiger partial charge is 0.105 e. The molecule has 1 N–H and O–H groups in total. The number of aryl methyl sites for hydroxylation is 2. The summed E-state index contributed by atoms with van der Waals surface area (Å²) in [6.45, 7) is 6.95. The number of aromatic nitrogens is 1. The zero-order chi connectivity index (χ0) is 14.8. The number of hydrogen-bond donors (Lipinski definition) is 1. The average Bonchev–Trinajstić information content (AvgIpc) is 2.83. The number of benzene rings is 1. The molecular formula is C18H20N2O. The lowest BCUT2D eigenvalue weighted by molar-refractivity contribution is 0.490. The van der Waals surface area contributed by atoms with E-state index in [0.29, 0.717) is 0 Å². The average molecular weight is 280 g/mol. The number of rotatable bonds is 4. The molecule has 0 radical (unpaired) electrons. The molecule has 0 aliphatic rings. The monoisotopic (exact) mass is 280 g/mol. The van der Waals surface area contributed by atoms with Gasteiger partial charge in [0, 0.05) is 29.7 Å². The minimum atomic E-state index is 0.251. The Kier molecular flexibility index (Phi) is 3.76. The molecule has 1 aromatic carbocycles. The molecule has 2 heterocycles. The van der Waals surface area contributed by atoms with E-state index in [4.69, 9.17) is 4.42 Å². The summed E-state index contributed by atoms with van der Waals surface area (Å²) in [7, 11) is 0. The topological polar surface area (TPSA) is 38.1 Å². The number of nitrogens with zero attached hydrogens (tertiary/aromatic N) is 1. The molecule has 0 saturated heterocycles. The predicted octanol–water partition coefficient (Wildman–Crippen LogP) is 4.30. The van der Waals surface area contributed by atoms with Crippen LogP contribution in [0.4, 0.5) is 0 Å². The Morgan fingerprint density at radius 2 is 2.00 bits per heavy atom. The molecule has 3 nitrogen and oxygen atoms in total. The van der Waals surface area contributed by atoms with Gasteiger partial charge in [-0.1, -0.05) is 24.3 Å². The molecule has 3 rings (SSSR count). The van der Waals surface area contributed by atoms with Crippen LogP contribution in [0.25, 0.3) is 10.9 Å². The molecule has 0 aliphatic heterocycles. The van der Waals surface area contributed by atoms with Crippen molar-refractivity contribution in [2.75, 3.05) is 0 Å². The first-order valence-electron chi connectivity index (χ1n) is 7.28. The molecule has 1 unspecified atom stereocenters. The van der Waals surface area contributed by atoms with E-state index in [1.807, 2.05) is 26.1 Å². The summed E-state index contributed by atoms with van der Waals surface area (Å²) < 4.78 is 5.61. The third-order valence-corrected chi connectivity index (χ3v) is 3.86. The van der Waals surface area contributed by atoms with Crippen molar-refractivity contribution in [1.29, 1.82) is 0 Å². The Bertz CT molecular complexity index is 756. The lowest BCUT2D eigenvalue weighted by Crippen LogP contribution is -2.18. The van der Waals surface area contributed by atoms with E-state index < -0.39 is 0 Å². The molecule has 108 valence electrons. The Balaban J connectivity index is 1.79. The largest absolute Gasteiger partial charge is 0.466 e. The Morgan fingerprint density at radius 1 is 1.19 bits per heavy atom. The quantitative estimate of drug-likeness (QED) is 0.774. The second-order valence-electron chi connectivity index (χ2n) is 5.46. The third-order valence-electron chi connectivity index (χ3n) is 3.86. The van der Waals surface area contributed by atoms with E-state index >= 15 is 0 Å². The van der Waals surface area contributed by atoms with E-state index in [1.54, 1.807) is 0 Å². The number of furan rings is 1. The van der Waals surface area contributed by atoms with Crippen molar-refractivity contribution in [2.45, 2.75) is 33.4 Å². The molecule has 3 aromatic rings. The van der Waals surface area contributed by atoms with E-state index in [0.717, 1.165) is 23.6 Å². The maximum Gasteiger partial charge on any atom is 0.105 e. The second kappa shape index (κ2) is 5.70. The fraction of sp³-hybridized carbons (Fsp3) is 0.278. The minimum Gasteiger partial charge on any atom is -0.466 e. The SMILES string of the molecule is Cc1cc(C(C)NCc2cccc3cccnc23)c(C)o1. The van der Waals surface area contributed by atoms with Crippen LogP contribution in [0.5, 0.6) is 0 Å². The zero-order valence-corrected chi connectivity index (χ0v) is 12.7. The van der Waals surface area contributed by atoms with Crippen molar-refractivity contribution in [3.8, 4) is 0 Å². The van der Waals surface area contributed by atoms with Crippen LogP contribution in [-0.4, -0.2) is 4.98 Å². The summed E-state index contributed by atoms with van der Waals surface area (Å²) in [5, 5.41) is 4.74. The summed E-state index contributed by atoms with van der Waals surface area (Å²) in [6.07, 6.45) is 1.85. The predicted molar refractivity (Wildman–Crippen MR) is 85.2 cm³/mol. The van der Waals surface area contributed by atoms with Crippen LogP contribution >= 0.6 is 0 Å². The molecule has 1 atom stereocenters. The second-order valence-corrected chi connectivity index (χ2v) is 5.46. The molecule has 21 heavy (non-hydrogen) atoms. The van der Waals surface area contributed by atoms with Crippen LogP contribution in [-0.2, 0) is 6.54 Å². The molecular weight excluding hydrogens is 260 g/mol. The van der Waals surface area contributed by atoms with Gasteiger partial charge in [0.25, 0.3) is 0 Å². The highest BCUT2D eigenvalue weighted by Crippen LogP contribution is 2.22. The van der Waals surface area contributed by atoms with Crippen molar-refractivity contribution in [3.05, 3.63) is 65.2 Å². The summed E-state index contributed by atoms with van der Waals surface area (Å²) >= 11 is 0. The van der Waals surface area contributed by atoms with Crippen LogP contribution in [0.1, 0.15) is 35.6 Å². The van der Waals surface area contributed by atoms with Crippen molar-refractivity contribution < 1.29 is 4.42 Å². The highest BCUT2D eigenvalue weighted by atomic mass is 16.3. The zero-order valence-electron chi connectivity index (χ0n) is 12.7. The molecule has 2 aromatic heterocycles. The summed E-state index contributed by atoms with van der Waals surface area (Å²) in [4.78, 5) is 4.49. The van der Waals surface area contributed by atoms with Gasteiger partial charge in [0.15, 0.2) is 0 Å². The molecule has 0 amide bonds. The van der Waals surface area contributed by atoms with Crippen LogP contribution in [0.2, 0.25) is 0 Å².